The van der Waals surface area contributed by atoms with Gasteiger partial charge in [0.05, 0.1) is 59.5 Å². The molecular formula is C62H104N4O46. The number of hydrogen-bond donors (Lipinski definition) is 29. The van der Waals surface area contributed by atoms with Crippen LogP contribution in [0, 0.1) is 0 Å². The van der Waals surface area contributed by atoms with E-state index >= 15 is 0 Å². The summed E-state index contributed by atoms with van der Waals surface area (Å²) >= 11 is 0. The Morgan fingerprint density at radius 3 is 0.911 bits per heavy atom. The molecule has 4 amide bonds. The highest BCUT2D eigenvalue weighted by atomic mass is 16.8. The summed E-state index contributed by atoms with van der Waals surface area (Å²) in [6.07, 6.45) is -86.4. The number of rotatable bonds is 29. The minimum absolute atomic E-state index is 0.795. The molecule has 9 aliphatic heterocycles. The molecule has 29 N–H and O–H groups in total. The second-order valence-corrected chi connectivity index (χ2v) is 28.2. The van der Waals surface area contributed by atoms with E-state index in [0.717, 1.165) is 27.7 Å². The Bertz CT molecular complexity index is 2970. The predicted molar refractivity (Wildman–Crippen MR) is 343 cm³/mol. The van der Waals surface area contributed by atoms with Crippen LogP contribution in [-0.4, -0.2) is 487 Å². The number of aliphatic hydroxyl groups is 25. The van der Waals surface area contributed by atoms with Gasteiger partial charge < -0.3 is 229 Å². The number of nitrogens with one attached hydrogen (secondary N) is 4. The Kier molecular flexibility index (Phi) is 33.1. The van der Waals surface area contributed by atoms with E-state index in [1.807, 2.05) is 0 Å². The van der Waals surface area contributed by atoms with Gasteiger partial charge in [0.15, 0.2) is 56.6 Å². The van der Waals surface area contributed by atoms with Crippen molar-refractivity contribution in [1.82, 2.24) is 21.3 Å². The van der Waals surface area contributed by atoms with Gasteiger partial charge in [-0.15, -0.1) is 0 Å². The standard InChI is InChI=1S/C62H104N4O46/c1-14(74)63-27-39(86)48(22(9-71)98-54(27)95)107-57-30(66-17(4)77)40(87)49(23(10-72)103-57)109-61-47(94)52(36(83)26(106-61)13-97-59-46(93)51(110-60-44(91)42(89)34(81)21(8-70)102-60)35(82)25(105-59)12-96-58-43(90)41(88)33(80)20(7-69)101-58)111-62-53(112-56-29(65-16(3)76)38(85)32(79)19(6-68)100-56)45(92)50(24(11-73)104-62)108-55-28(64-15(2)75)37(84)31(78)18(5-67)99-55/h18-62,67-73,78-95H,5-13H2,1-4H3,(H,63,74)(H,64,75)(H,65,76)(H,66,77)/t18-,19-,20-,21-,22-,23-,24-,25-,26-,27-,28-,29-,30-,31-,32-,33-,34-,35-,36-,37-,38-,39-,40-,41+,42+,43+,44+,45+,46+,47+,48-,49-,50-,51+,52+,53+,54-,55+,56+,57+,58+,59+,60-,61+,62-/m1/s1. The predicted octanol–water partition coefficient (Wildman–Crippen LogP) is -20.1. The quantitative estimate of drug-likeness (QED) is 0.0331. The van der Waals surface area contributed by atoms with E-state index in [9.17, 15) is 147 Å². The zero-order valence-corrected chi connectivity index (χ0v) is 60.1. The van der Waals surface area contributed by atoms with Crippen molar-refractivity contribution >= 4 is 23.6 Å². The molecule has 45 atom stereocenters. The highest BCUT2D eigenvalue weighted by Gasteiger charge is 2.61. The lowest BCUT2D eigenvalue weighted by molar-refractivity contribution is -0.402. The number of amides is 4. The third-order valence-corrected chi connectivity index (χ3v) is 20.3. The fourth-order valence-corrected chi connectivity index (χ4v) is 14.4. The van der Waals surface area contributed by atoms with Crippen LogP contribution in [0.25, 0.3) is 0 Å². The van der Waals surface area contributed by atoms with Gasteiger partial charge in [0.1, 0.15) is 219 Å². The second kappa shape index (κ2) is 40.3. The normalized spacial score (nSPS) is 48.9. The molecule has 0 saturated carbocycles. The number of hydrogen-bond acceptors (Lipinski definition) is 46. The average molecular weight is 1640 g/mol. The third-order valence-electron chi connectivity index (χ3n) is 20.3. The van der Waals surface area contributed by atoms with Crippen LogP contribution in [0.15, 0.2) is 0 Å². The van der Waals surface area contributed by atoms with Crippen molar-refractivity contribution in [3.8, 4) is 0 Å². The Morgan fingerprint density at radius 2 is 0.491 bits per heavy atom. The zero-order valence-electron chi connectivity index (χ0n) is 60.1. The van der Waals surface area contributed by atoms with Crippen molar-refractivity contribution in [2.75, 3.05) is 59.5 Å². The van der Waals surface area contributed by atoms with Crippen LogP contribution in [0.1, 0.15) is 27.7 Å². The van der Waals surface area contributed by atoms with Crippen molar-refractivity contribution in [2.45, 2.75) is 304 Å². The highest BCUT2D eigenvalue weighted by molar-refractivity contribution is 5.74. The fourth-order valence-electron chi connectivity index (χ4n) is 14.4. The minimum atomic E-state index is -2.62. The number of carbonyl (C=O) groups excluding carboxylic acids is 4. The van der Waals surface area contributed by atoms with E-state index in [4.69, 9.17) is 80.5 Å². The van der Waals surface area contributed by atoms with Crippen LogP contribution in [0.5, 0.6) is 0 Å². The van der Waals surface area contributed by atoms with E-state index < -0.39 is 359 Å². The van der Waals surface area contributed by atoms with Gasteiger partial charge >= 0.3 is 0 Å². The number of aliphatic hydroxyl groups excluding tert-OH is 25. The van der Waals surface area contributed by atoms with Gasteiger partial charge in [0, 0.05) is 27.7 Å². The summed E-state index contributed by atoms with van der Waals surface area (Å²) in [6, 6.07) is -7.29. The summed E-state index contributed by atoms with van der Waals surface area (Å²) in [5, 5.41) is 288. The van der Waals surface area contributed by atoms with E-state index in [1.165, 1.54) is 0 Å². The Labute approximate surface area is 634 Å². The minimum Gasteiger partial charge on any atom is -0.394 e. The molecule has 50 nitrogen and oxygen atoms in total. The van der Waals surface area contributed by atoms with E-state index in [2.05, 4.69) is 21.3 Å². The van der Waals surface area contributed by atoms with Gasteiger partial charge in [-0.3, -0.25) is 19.2 Å². The Balaban J connectivity index is 1.10. The molecule has 0 aliphatic carbocycles. The van der Waals surface area contributed by atoms with Crippen LogP contribution in [0.4, 0.5) is 0 Å². The molecule has 0 bridgehead atoms. The average Bonchev–Trinajstić information content (AvgIpc) is 0.787. The molecule has 0 radical (unpaired) electrons. The lowest BCUT2D eigenvalue weighted by Gasteiger charge is -2.51. The Morgan fingerprint density at radius 1 is 0.232 bits per heavy atom. The molecule has 0 unspecified atom stereocenters. The van der Waals surface area contributed by atoms with Gasteiger partial charge in [0.2, 0.25) is 23.6 Å². The summed E-state index contributed by atoms with van der Waals surface area (Å²) in [4.78, 5) is 50.5. The van der Waals surface area contributed by atoms with E-state index in [-0.39, 0.29) is 0 Å². The smallest absolute Gasteiger partial charge is 0.217 e. The summed E-state index contributed by atoms with van der Waals surface area (Å²) in [5.74, 6) is -3.55. The third kappa shape index (κ3) is 20.4. The van der Waals surface area contributed by atoms with Crippen molar-refractivity contribution in [2.24, 2.45) is 0 Å². The molecule has 0 aromatic carbocycles. The van der Waals surface area contributed by atoms with Gasteiger partial charge in [-0.25, -0.2) is 0 Å². The molecule has 50 heteroatoms. The lowest BCUT2D eigenvalue weighted by atomic mass is 9.93. The van der Waals surface area contributed by atoms with Gasteiger partial charge in [-0.2, -0.15) is 0 Å². The molecule has 9 saturated heterocycles. The molecule has 9 heterocycles. The van der Waals surface area contributed by atoms with Crippen LogP contribution in [-0.2, 0) is 99.7 Å². The van der Waals surface area contributed by atoms with Crippen LogP contribution < -0.4 is 21.3 Å². The Hall–Kier alpha value is -3.80. The fraction of sp³-hybridized carbons (Fsp3) is 0.935. The maximum absolute atomic E-state index is 13.0. The zero-order chi connectivity index (χ0) is 82.5. The summed E-state index contributed by atoms with van der Waals surface area (Å²) in [6.45, 7) is -5.96. The molecular weight excluding hydrogens is 1540 g/mol. The van der Waals surface area contributed by atoms with E-state index in [1.54, 1.807) is 0 Å². The number of carbonyl (C=O) groups is 4. The van der Waals surface area contributed by atoms with Crippen LogP contribution in [0.3, 0.4) is 0 Å². The topological polar surface area (TPSA) is 779 Å². The van der Waals surface area contributed by atoms with Gasteiger partial charge in [-0.1, -0.05) is 0 Å². The van der Waals surface area contributed by atoms with Gasteiger partial charge in [0.25, 0.3) is 0 Å². The highest BCUT2D eigenvalue weighted by Crippen LogP contribution is 2.40. The maximum atomic E-state index is 13.0. The maximum Gasteiger partial charge on any atom is 0.217 e. The van der Waals surface area contributed by atoms with Crippen molar-refractivity contribution < 1.29 is 227 Å². The molecule has 112 heavy (non-hydrogen) atoms. The first-order valence-corrected chi connectivity index (χ1v) is 35.6. The molecule has 9 rings (SSSR count). The van der Waals surface area contributed by atoms with Crippen molar-refractivity contribution in [1.29, 1.82) is 0 Å². The first kappa shape index (κ1) is 92.1. The summed E-state index contributed by atoms with van der Waals surface area (Å²) < 4.78 is 101. The molecule has 648 valence electrons. The van der Waals surface area contributed by atoms with Crippen LogP contribution >= 0.6 is 0 Å². The SMILES string of the molecule is CC(=O)N[C@@H]1[C@@H](O)[C@H](O[C@@H]2O[C@H](CO)[C@@H](O[C@@H]3O[C@H](CO[C@H]4O[C@H](CO[C@H]5O[C@H](CO)[C@@H](O)[C@H](O)[C@@H]5O)[C@@H](O)[C@H](O[C@H]5O[C@H](CO)[C@@H](O)[C@H](O)[C@@H]5O)[C@@H]4O)[C@@H](O)[C@H](O[C@H]4O[C@H](CO)[C@@H](O[C@@H]5O[C@H](CO)[C@@H](O)[C@H](O)[C@H]5NC(C)=O)[C@H](O)[C@@H]4O[C@@H]4O[C@H](CO)[C@@H](O)[C@H](O)[C@H]4NC(C)=O)[C@@H]3O)[C@H](O)[C@H]2NC(C)=O)[C@@H](CO)O[C@H]1O. The monoisotopic (exact) mass is 1640 g/mol. The van der Waals surface area contributed by atoms with Crippen molar-refractivity contribution in [3.63, 3.8) is 0 Å². The van der Waals surface area contributed by atoms with Crippen molar-refractivity contribution in [3.05, 3.63) is 0 Å². The first-order chi connectivity index (χ1) is 53.0. The van der Waals surface area contributed by atoms with Gasteiger partial charge in [-0.05, 0) is 0 Å². The molecule has 9 fully saturated rings. The molecule has 0 spiro atoms. The summed E-state index contributed by atoms with van der Waals surface area (Å²) in [7, 11) is 0. The number of ether oxygens (including phenoxy) is 17. The second-order valence-electron chi connectivity index (χ2n) is 28.2. The van der Waals surface area contributed by atoms with Crippen LogP contribution in [0.2, 0.25) is 0 Å². The first-order valence-electron chi connectivity index (χ1n) is 35.6. The summed E-state index contributed by atoms with van der Waals surface area (Å²) in [5.41, 5.74) is 0. The van der Waals surface area contributed by atoms with E-state index in [0.29, 0.717) is 0 Å². The molecule has 0 aromatic heterocycles. The molecule has 9 aliphatic rings. The largest absolute Gasteiger partial charge is 0.394 e. The lowest BCUT2D eigenvalue weighted by Crippen LogP contribution is -2.71. The molecule has 0 aromatic rings.